The smallest absolute Gasteiger partial charge is 0.131 e. The lowest BCUT2D eigenvalue weighted by Gasteiger charge is -2.12. The highest BCUT2D eigenvalue weighted by molar-refractivity contribution is 7.99. The Labute approximate surface area is 121 Å². The van der Waals surface area contributed by atoms with Crippen LogP contribution in [0.4, 0.5) is 5.82 Å². The number of H-pyrrole nitrogens is 1. The van der Waals surface area contributed by atoms with Gasteiger partial charge < -0.3 is 10.7 Å². The molecule has 4 nitrogen and oxygen atoms in total. The van der Waals surface area contributed by atoms with Gasteiger partial charge in [-0.1, -0.05) is 43.8 Å². The molecule has 3 aromatic rings. The molecule has 0 fully saturated rings. The zero-order valence-corrected chi connectivity index (χ0v) is 12.2. The number of nitrogens with two attached hydrogens (primary N) is 1. The van der Waals surface area contributed by atoms with Crippen LogP contribution in [0.15, 0.2) is 46.7 Å². The third kappa shape index (κ3) is 2.36. The molecule has 0 spiro atoms. The minimum atomic E-state index is 0.295. The maximum Gasteiger partial charge on any atom is 0.131 e. The summed E-state index contributed by atoms with van der Waals surface area (Å²) < 4.78 is 0. The Morgan fingerprint density at radius 3 is 2.75 bits per heavy atom. The maximum atomic E-state index is 5.98. The van der Waals surface area contributed by atoms with E-state index in [1.165, 1.54) is 11.7 Å². The number of nitrogens with zero attached hydrogens (tertiary/aromatic N) is 2. The molecule has 0 radical (unpaired) electrons. The van der Waals surface area contributed by atoms with E-state index in [1.807, 2.05) is 12.1 Å². The van der Waals surface area contributed by atoms with E-state index in [2.05, 4.69) is 47.0 Å². The number of aromatic nitrogens is 3. The molecule has 0 saturated heterocycles. The van der Waals surface area contributed by atoms with Crippen molar-refractivity contribution in [3.8, 4) is 0 Å². The molecule has 20 heavy (non-hydrogen) atoms. The summed E-state index contributed by atoms with van der Waals surface area (Å²) >= 11 is 1.60. The fourth-order valence-electron chi connectivity index (χ4n) is 2.22. The third-order valence-electron chi connectivity index (χ3n) is 3.17. The van der Waals surface area contributed by atoms with Crippen molar-refractivity contribution in [2.24, 2.45) is 0 Å². The highest BCUT2D eigenvalue weighted by atomic mass is 32.2. The predicted octanol–water partition coefficient (Wildman–Crippen LogP) is 3.81. The lowest BCUT2D eigenvalue weighted by atomic mass is 10.1. The van der Waals surface area contributed by atoms with Crippen LogP contribution in [-0.4, -0.2) is 15.0 Å². The molecule has 2 heterocycles. The topological polar surface area (TPSA) is 67.6 Å². The molecule has 0 amide bonds. The van der Waals surface area contributed by atoms with Crippen molar-refractivity contribution < 1.29 is 0 Å². The normalized spacial score (nSPS) is 11.3. The lowest BCUT2D eigenvalue weighted by Crippen LogP contribution is -2.03. The molecule has 0 bridgehead atoms. The third-order valence-corrected chi connectivity index (χ3v) is 4.13. The highest BCUT2D eigenvalue weighted by Gasteiger charge is 2.14. The summed E-state index contributed by atoms with van der Waals surface area (Å²) in [6.45, 7) is 4.20. The molecule has 0 unspecified atom stereocenters. The van der Waals surface area contributed by atoms with Gasteiger partial charge in [0, 0.05) is 16.5 Å². The summed E-state index contributed by atoms with van der Waals surface area (Å²) in [5.74, 6) is 0.858. The van der Waals surface area contributed by atoms with Crippen molar-refractivity contribution >= 4 is 28.5 Å². The number of nitrogens with one attached hydrogen (secondary N) is 1. The molecule has 0 aliphatic rings. The van der Waals surface area contributed by atoms with Gasteiger partial charge in [0.05, 0.1) is 5.03 Å². The van der Waals surface area contributed by atoms with E-state index in [9.17, 15) is 0 Å². The van der Waals surface area contributed by atoms with Crippen LogP contribution in [0.1, 0.15) is 25.3 Å². The number of anilines is 1. The van der Waals surface area contributed by atoms with Gasteiger partial charge in [-0.25, -0.2) is 9.97 Å². The number of aromatic amines is 1. The summed E-state index contributed by atoms with van der Waals surface area (Å²) in [6, 6.07) is 10.3. The van der Waals surface area contributed by atoms with Crippen molar-refractivity contribution in [1.29, 1.82) is 0 Å². The molecule has 0 saturated carbocycles. The van der Waals surface area contributed by atoms with E-state index < -0.39 is 0 Å². The van der Waals surface area contributed by atoms with Gasteiger partial charge >= 0.3 is 0 Å². The molecule has 5 heteroatoms. The predicted molar refractivity (Wildman–Crippen MR) is 83.0 cm³/mol. The Morgan fingerprint density at radius 1 is 1.20 bits per heavy atom. The molecule has 102 valence electrons. The number of hydrogen-bond donors (Lipinski definition) is 2. The Bertz CT molecular complexity index is 715. The number of rotatable bonds is 3. The van der Waals surface area contributed by atoms with Crippen molar-refractivity contribution in [2.45, 2.75) is 29.8 Å². The average Bonchev–Trinajstić information content (AvgIpc) is 2.80. The fourth-order valence-corrected chi connectivity index (χ4v) is 3.33. The van der Waals surface area contributed by atoms with Crippen LogP contribution in [0.3, 0.4) is 0 Å². The highest BCUT2D eigenvalue weighted by Crippen LogP contribution is 2.35. The van der Waals surface area contributed by atoms with Crippen LogP contribution in [0, 0.1) is 0 Å². The molecular weight excluding hydrogens is 268 g/mol. The molecule has 0 aliphatic carbocycles. The Morgan fingerprint density at radius 2 is 2.00 bits per heavy atom. The van der Waals surface area contributed by atoms with E-state index >= 15 is 0 Å². The van der Waals surface area contributed by atoms with Gasteiger partial charge in [-0.05, 0) is 18.1 Å². The van der Waals surface area contributed by atoms with Gasteiger partial charge in [0.1, 0.15) is 17.2 Å². The molecule has 3 rings (SSSR count). The second-order valence-corrected chi connectivity index (χ2v) is 5.99. The van der Waals surface area contributed by atoms with Gasteiger partial charge in [-0.3, -0.25) is 0 Å². The van der Waals surface area contributed by atoms with E-state index in [0.29, 0.717) is 11.7 Å². The van der Waals surface area contributed by atoms with Crippen LogP contribution in [0.2, 0.25) is 0 Å². The van der Waals surface area contributed by atoms with Crippen LogP contribution in [0.25, 0.3) is 10.9 Å². The van der Waals surface area contributed by atoms with Crippen molar-refractivity contribution in [3.63, 3.8) is 0 Å². The van der Waals surface area contributed by atoms with Crippen molar-refractivity contribution in [2.75, 3.05) is 5.73 Å². The van der Waals surface area contributed by atoms with Gasteiger partial charge in [0.2, 0.25) is 0 Å². The summed E-state index contributed by atoms with van der Waals surface area (Å²) in [7, 11) is 0. The first-order chi connectivity index (χ1) is 9.65. The fraction of sp³-hybridized carbons (Fsp3) is 0.200. The van der Waals surface area contributed by atoms with Gasteiger partial charge in [0.15, 0.2) is 0 Å². The Hall–Kier alpha value is -2.01. The van der Waals surface area contributed by atoms with E-state index in [1.54, 1.807) is 11.8 Å². The zero-order valence-electron chi connectivity index (χ0n) is 11.4. The average molecular weight is 284 g/mol. The number of hydrogen-bond acceptors (Lipinski definition) is 4. The summed E-state index contributed by atoms with van der Waals surface area (Å²) in [5.41, 5.74) is 8.11. The van der Waals surface area contributed by atoms with Crippen molar-refractivity contribution in [1.82, 2.24) is 15.0 Å². The number of para-hydroxylation sites is 1. The molecule has 0 atom stereocenters. The van der Waals surface area contributed by atoms with Gasteiger partial charge in [0.25, 0.3) is 0 Å². The van der Waals surface area contributed by atoms with Crippen LogP contribution in [-0.2, 0) is 0 Å². The SMILES string of the molecule is CC(C)c1c(N)ncnc1Sc1cc2ccccc2[nH]1. The van der Waals surface area contributed by atoms with Gasteiger partial charge in [-0.2, -0.15) is 0 Å². The molecule has 1 aromatic carbocycles. The first-order valence-corrected chi connectivity index (χ1v) is 7.33. The molecule has 2 aromatic heterocycles. The molecular formula is C15H16N4S. The molecule has 0 aliphatic heterocycles. The monoisotopic (exact) mass is 284 g/mol. The Kier molecular flexibility index (Phi) is 3.36. The number of nitrogen functional groups attached to an aromatic ring is 1. The minimum Gasteiger partial charge on any atom is -0.383 e. The summed E-state index contributed by atoms with van der Waals surface area (Å²) in [5, 5.41) is 3.17. The first-order valence-electron chi connectivity index (χ1n) is 6.51. The standard InChI is InChI=1S/C15H16N4S/c1-9(2)13-14(16)17-8-18-15(13)20-12-7-10-5-3-4-6-11(10)19-12/h3-9,19H,1-2H3,(H2,16,17,18). The lowest BCUT2D eigenvalue weighted by molar-refractivity contribution is 0.808. The second-order valence-electron chi connectivity index (χ2n) is 4.96. The van der Waals surface area contributed by atoms with Crippen LogP contribution < -0.4 is 5.73 Å². The van der Waals surface area contributed by atoms with Gasteiger partial charge in [-0.15, -0.1) is 0 Å². The quantitative estimate of drug-likeness (QED) is 0.718. The largest absolute Gasteiger partial charge is 0.383 e. The minimum absolute atomic E-state index is 0.295. The Balaban J connectivity index is 2.00. The number of fused-ring (bicyclic) bond motifs is 1. The van der Waals surface area contributed by atoms with E-state index in [-0.39, 0.29) is 0 Å². The summed E-state index contributed by atoms with van der Waals surface area (Å²) in [4.78, 5) is 11.9. The van der Waals surface area contributed by atoms with Crippen LogP contribution >= 0.6 is 11.8 Å². The maximum absolute atomic E-state index is 5.98. The zero-order chi connectivity index (χ0) is 14.1. The summed E-state index contributed by atoms with van der Waals surface area (Å²) in [6.07, 6.45) is 1.52. The second kappa shape index (κ2) is 5.17. The first kappa shape index (κ1) is 13.0. The molecule has 3 N–H and O–H groups in total. The van der Waals surface area contributed by atoms with E-state index in [4.69, 9.17) is 5.73 Å². The number of benzene rings is 1. The van der Waals surface area contributed by atoms with E-state index in [0.717, 1.165) is 21.1 Å². The van der Waals surface area contributed by atoms with Crippen LogP contribution in [0.5, 0.6) is 0 Å². The van der Waals surface area contributed by atoms with Crippen molar-refractivity contribution in [3.05, 3.63) is 42.2 Å².